The number of rotatable bonds is 6. The van der Waals surface area contributed by atoms with Crippen molar-refractivity contribution < 1.29 is 18.7 Å². The van der Waals surface area contributed by atoms with E-state index >= 15 is 0 Å². The molecule has 0 saturated carbocycles. The van der Waals surface area contributed by atoms with Crippen LogP contribution >= 0.6 is 11.6 Å². The Balaban J connectivity index is 1.49. The smallest absolute Gasteiger partial charge is 0.262 e. The highest BCUT2D eigenvalue weighted by molar-refractivity contribution is 6.33. The van der Waals surface area contributed by atoms with Gasteiger partial charge < -0.3 is 19.2 Å². The van der Waals surface area contributed by atoms with Gasteiger partial charge in [0.2, 0.25) is 11.2 Å². The summed E-state index contributed by atoms with van der Waals surface area (Å²) in [5, 5.41) is 3.47. The maximum atomic E-state index is 12.9. The van der Waals surface area contributed by atoms with Gasteiger partial charge in [-0.2, -0.15) is 0 Å². The van der Waals surface area contributed by atoms with E-state index < -0.39 is 0 Å². The van der Waals surface area contributed by atoms with Crippen molar-refractivity contribution in [1.29, 1.82) is 0 Å². The second kappa shape index (κ2) is 9.38. The zero-order chi connectivity index (χ0) is 23.5. The maximum absolute atomic E-state index is 12.9. The van der Waals surface area contributed by atoms with Crippen LogP contribution in [0.3, 0.4) is 0 Å². The van der Waals surface area contributed by atoms with Crippen LogP contribution < -0.4 is 20.2 Å². The first-order valence-corrected chi connectivity index (χ1v) is 10.7. The second-order valence-electron chi connectivity index (χ2n) is 7.71. The number of anilines is 1. The standard InChI is InChI=1S/C26H22ClNO5/c1-15-10-16(2)17(3)22(11-15)33-24-13-32-23-12-18(8-9-19(23)26(24)30)31-14-25(29)28-21-7-5-4-6-20(21)27/h4-13H,14H2,1-3H3,(H,28,29). The van der Waals surface area contributed by atoms with E-state index in [9.17, 15) is 9.59 Å². The topological polar surface area (TPSA) is 77.8 Å². The Morgan fingerprint density at radius 2 is 1.82 bits per heavy atom. The first-order chi connectivity index (χ1) is 15.8. The van der Waals surface area contributed by atoms with Crippen molar-refractivity contribution in [2.24, 2.45) is 0 Å². The summed E-state index contributed by atoms with van der Waals surface area (Å²) in [6.45, 7) is 5.68. The molecule has 0 bridgehead atoms. The highest BCUT2D eigenvalue weighted by Crippen LogP contribution is 2.29. The van der Waals surface area contributed by atoms with E-state index in [1.807, 2.05) is 26.8 Å². The number of fused-ring (bicyclic) bond motifs is 1. The van der Waals surface area contributed by atoms with E-state index in [0.29, 0.717) is 33.2 Å². The Kier molecular flexibility index (Phi) is 6.38. The minimum Gasteiger partial charge on any atom is -0.484 e. The Bertz CT molecular complexity index is 1410. The average molecular weight is 464 g/mol. The third-order valence-corrected chi connectivity index (χ3v) is 5.55. The van der Waals surface area contributed by atoms with Gasteiger partial charge in [0.15, 0.2) is 6.61 Å². The molecule has 0 spiro atoms. The molecule has 0 aliphatic carbocycles. The summed E-state index contributed by atoms with van der Waals surface area (Å²) in [6.07, 6.45) is 1.29. The summed E-state index contributed by atoms with van der Waals surface area (Å²) in [5.41, 5.74) is 3.61. The molecule has 4 rings (SSSR count). The number of ether oxygens (including phenoxy) is 2. The Hall–Kier alpha value is -3.77. The third-order valence-electron chi connectivity index (χ3n) is 5.22. The predicted molar refractivity (Wildman–Crippen MR) is 129 cm³/mol. The van der Waals surface area contributed by atoms with Gasteiger partial charge in [0.25, 0.3) is 5.91 Å². The lowest BCUT2D eigenvalue weighted by Gasteiger charge is -2.12. The summed E-state index contributed by atoms with van der Waals surface area (Å²) in [6, 6.07) is 15.6. The largest absolute Gasteiger partial charge is 0.484 e. The normalized spacial score (nSPS) is 10.8. The van der Waals surface area contributed by atoms with Crippen molar-refractivity contribution in [3.05, 3.63) is 92.8 Å². The lowest BCUT2D eigenvalue weighted by atomic mass is 10.1. The fraction of sp³-hybridized carbons (Fsp3) is 0.154. The first kappa shape index (κ1) is 22.4. The molecule has 0 saturated heterocycles. The Morgan fingerprint density at radius 3 is 2.61 bits per heavy atom. The first-order valence-electron chi connectivity index (χ1n) is 10.3. The molecule has 0 fully saturated rings. The highest BCUT2D eigenvalue weighted by Gasteiger charge is 2.13. The number of halogens is 1. The van der Waals surface area contributed by atoms with Crippen LogP contribution in [0.4, 0.5) is 5.69 Å². The lowest BCUT2D eigenvalue weighted by Crippen LogP contribution is -2.20. The van der Waals surface area contributed by atoms with Crippen LogP contribution in [0.5, 0.6) is 17.2 Å². The van der Waals surface area contributed by atoms with E-state index in [1.165, 1.54) is 6.26 Å². The fourth-order valence-corrected chi connectivity index (χ4v) is 3.56. The van der Waals surface area contributed by atoms with Gasteiger partial charge in [0, 0.05) is 6.07 Å². The maximum Gasteiger partial charge on any atom is 0.262 e. The SMILES string of the molecule is Cc1cc(C)c(C)c(Oc2coc3cc(OCC(=O)Nc4ccccc4Cl)ccc3c2=O)c1. The van der Waals surface area contributed by atoms with E-state index in [2.05, 4.69) is 11.4 Å². The van der Waals surface area contributed by atoms with Crippen LogP contribution in [0.15, 0.2) is 70.1 Å². The molecule has 4 aromatic rings. The number of hydrogen-bond acceptors (Lipinski definition) is 5. The number of carbonyl (C=O) groups is 1. The molecule has 1 N–H and O–H groups in total. The molecule has 0 aliphatic rings. The summed E-state index contributed by atoms with van der Waals surface area (Å²) in [5.74, 6) is 0.739. The Morgan fingerprint density at radius 1 is 1.03 bits per heavy atom. The molecule has 0 aliphatic heterocycles. The van der Waals surface area contributed by atoms with Crippen molar-refractivity contribution in [2.75, 3.05) is 11.9 Å². The number of para-hydroxylation sites is 1. The number of carbonyl (C=O) groups excluding carboxylic acids is 1. The lowest BCUT2D eigenvalue weighted by molar-refractivity contribution is -0.118. The van der Waals surface area contributed by atoms with Gasteiger partial charge in [-0.3, -0.25) is 9.59 Å². The van der Waals surface area contributed by atoms with E-state index in [1.54, 1.807) is 42.5 Å². The van der Waals surface area contributed by atoms with Gasteiger partial charge >= 0.3 is 0 Å². The van der Waals surface area contributed by atoms with Crippen molar-refractivity contribution in [3.8, 4) is 17.2 Å². The van der Waals surface area contributed by atoms with Gasteiger partial charge in [-0.15, -0.1) is 0 Å². The van der Waals surface area contributed by atoms with Crippen LogP contribution in [0, 0.1) is 20.8 Å². The molecular weight excluding hydrogens is 442 g/mol. The van der Waals surface area contributed by atoms with Gasteiger partial charge in [-0.05, 0) is 67.8 Å². The predicted octanol–water partition coefficient (Wildman–Crippen LogP) is 6.18. The molecule has 1 amide bonds. The average Bonchev–Trinajstić information content (AvgIpc) is 2.79. The molecule has 1 aromatic heterocycles. The molecule has 33 heavy (non-hydrogen) atoms. The zero-order valence-electron chi connectivity index (χ0n) is 18.4. The molecule has 168 valence electrons. The molecule has 0 unspecified atom stereocenters. The summed E-state index contributed by atoms with van der Waals surface area (Å²) < 4.78 is 17.1. The van der Waals surface area contributed by atoms with Crippen molar-refractivity contribution in [1.82, 2.24) is 0 Å². The minimum absolute atomic E-state index is 0.100. The molecule has 0 atom stereocenters. The van der Waals surface area contributed by atoms with Crippen LogP contribution in [0.25, 0.3) is 11.0 Å². The Labute approximate surface area is 195 Å². The molecule has 7 heteroatoms. The number of hydrogen-bond donors (Lipinski definition) is 1. The number of amides is 1. The van der Waals surface area contributed by atoms with E-state index in [-0.39, 0.29) is 23.7 Å². The van der Waals surface area contributed by atoms with Crippen molar-refractivity contribution in [2.45, 2.75) is 20.8 Å². The number of aryl methyl sites for hydroxylation is 2. The highest BCUT2D eigenvalue weighted by atomic mass is 35.5. The molecule has 0 radical (unpaired) electrons. The van der Waals surface area contributed by atoms with Crippen LogP contribution in [-0.4, -0.2) is 12.5 Å². The van der Waals surface area contributed by atoms with Gasteiger partial charge in [0.05, 0.1) is 16.1 Å². The van der Waals surface area contributed by atoms with E-state index in [0.717, 1.165) is 16.7 Å². The molecular formula is C26H22ClNO5. The third kappa shape index (κ3) is 5.02. The van der Waals surface area contributed by atoms with Crippen LogP contribution in [-0.2, 0) is 4.79 Å². The van der Waals surface area contributed by atoms with Gasteiger partial charge in [-0.1, -0.05) is 29.8 Å². The van der Waals surface area contributed by atoms with Crippen LogP contribution in [0.1, 0.15) is 16.7 Å². The second-order valence-corrected chi connectivity index (χ2v) is 8.12. The van der Waals surface area contributed by atoms with Crippen molar-refractivity contribution in [3.63, 3.8) is 0 Å². The molecule has 6 nitrogen and oxygen atoms in total. The number of nitrogens with one attached hydrogen (secondary N) is 1. The fourth-order valence-electron chi connectivity index (χ4n) is 3.37. The quantitative estimate of drug-likeness (QED) is 0.369. The molecule has 1 heterocycles. The summed E-state index contributed by atoms with van der Waals surface area (Å²) in [7, 11) is 0. The minimum atomic E-state index is -0.364. The van der Waals surface area contributed by atoms with E-state index in [4.69, 9.17) is 25.5 Å². The van der Waals surface area contributed by atoms with Gasteiger partial charge in [0.1, 0.15) is 23.3 Å². The summed E-state index contributed by atoms with van der Waals surface area (Å²) in [4.78, 5) is 25.1. The monoisotopic (exact) mass is 463 g/mol. The molecule has 3 aromatic carbocycles. The van der Waals surface area contributed by atoms with Crippen molar-refractivity contribution >= 4 is 34.2 Å². The van der Waals surface area contributed by atoms with Crippen LogP contribution in [0.2, 0.25) is 5.02 Å². The van der Waals surface area contributed by atoms with Gasteiger partial charge in [-0.25, -0.2) is 0 Å². The number of benzene rings is 3. The zero-order valence-corrected chi connectivity index (χ0v) is 19.2. The summed E-state index contributed by atoms with van der Waals surface area (Å²) >= 11 is 6.05.